The molecule has 0 aliphatic heterocycles. The Kier molecular flexibility index (Phi) is 5.03. The fourth-order valence-electron chi connectivity index (χ4n) is 1.88. The van der Waals surface area contributed by atoms with Gasteiger partial charge in [-0.05, 0) is 49.2 Å². The van der Waals surface area contributed by atoms with Crippen LogP contribution < -0.4 is 5.32 Å². The fourth-order valence-corrected chi connectivity index (χ4v) is 1.88. The second-order valence-corrected chi connectivity index (χ2v) is 4.94. The minimum Gasteiger partial charge on any atom is -0.356 e. The van der Waals surface area contributed by atoms with Gasteiger partial charge in [0.05, 0.1) is 16.8 Å². The van der Waals surface area contributed by atoms with Crippen molar-refractivity contribution in [2.75, 3.05) is 5.32 Å². The third-order valence-electron chi connectivity index (χ3n) is 2.96. The first kappa shape index (κ1) is 15.4. The van der Waals surface area contributed by atoms with E-state index in [-0.39, 0.29) is 5.70 Å². The van der Waals surface area contributed by atoms with Gasteiger partial charge < -0.3 is 5.32 Å². The third kappa shape index (κ3) is 4.56. The van der Waals surface area contributed by atoms with Crippen LogP contribution in [0, 0.1) is 24.0 Å². The third-order valence-corrected chi connectivity index (χ3v) is 2.96. The van der Waals surface area contributed by atoms with E-state index < -0.39 is 4.92 Å². The molecule has 0 amide bonds. The molecule has 0 heterocycles. The molecular formula is C17H17N3O2. The number of hydrogen-bond acceptors (Lipinski definition) is 4. The molecule has 0 saturated heterocycles. The first-order chi connectivity index (χ1) is 10.5. The molecule has 2 rings (SSSR count). The lowest BCUT2D eigenvalue weighted by Crippen LogP contribution is -2.03. The molecule has 2 aromatic rings. The van der Waals surface area contributed by atoms with E-state index in [4.69, 9.17) is 0 Å². The molecular weight excluding hydrogens is 278 g/mol. The highest BCUT2D eigenvalue weighted by Crippen LogP contribution is 2.14. The Morgan fingerprint density at radius 2 is 1.82 bits per heavy atom. The number of anilines is 1. The molecule has 0 saturated carbocycles. The molecule has 0 unspecified atom stereocenters. The Morgan fingerprint density at radius 1 is 1.14 bits per heavy atom. The molecule has 22 heavy (non-hydrogen) atoms. The largest absolute Gasteiger partial charge is 0.356 e. The van der Waals surface area contributed by atoms with Crippen molar-refractivity contribution in [1.29, 1.82) is 0 Å². The van der Waals surface area contributed by atoms with Crippen LogP contribution >= 0.6 is 0 Å². The smallest absolute Gasteiger partial charge is 0.303 e. The van der Waals surface area contributed by atoms with Crippen molar-refractivity contribution in [3.05, 3.63) is 81.7 Å². The molecule has 2 aromatic carbocycles. The normalized spacial score (nSPS) is 11.6. The summed E-state index contributed by atoms with van der Waals surface area (Å²) in [7, 11) is 0. The molecule has 5 heteroatoms. The number of nitrogens with one attached hydrogen (secondary N) is 1. The number of benzene rings is 2. The lowest BCUT2D eigenvalue weighted by atomic mass is 10.2. The summed E-state index contributed by atoms with van der Waals surface area (Å²) < 4.78 is 0. The molecule has 0 bridgehead atoms. The van der Waals surface area contributed by atoms with Gasteiger partial charge in [-0.2, -0.15) is 0 Å². The standard InChI is InChI=1S/C17H17N3O2/c1-13-5-3-7-15(9-13)18-11-17(20(21)22)12-19-16-8-4-6-14(2)10-16/h3-12,18H,1-2H3/b17-11+,19-12?. The van der Waals surface area contributed by atoms with Crippen molar-refractivity contribution in [1.82, 2.24) is 0 Å². The lowest BCUT2D eigenvalue weighted by molar-refractivity contribution is -0.414. The van der Waals surface area contributed by atoms with Crippen LogP contribution in [0.4, 0.5) is 11.4 Å². The number of nitro groups is 1. The van der Waals surface area contributed by atoms with Gasteiger partial charge in [-0.3, -0.25) is 10.1 Å². The van der Waals surface area contributed by atoms with Crippen molar-refractivity contribution in [3.8, 4) is 0 Å². The Labute approximate surface area is 129 Å². The molecule has 112 valence electrons. The molecule has 0 spiro atoms. The fraction of sp³-hybridized carbons (Fsp3) is 0.118. The maximum Gasteiger partial charge on any atom is 0.303 e. The van der Waals surface area contributed by atoms with Gasteiger partial charge in [-0.15, -0.1) is 0 Å². The van der Waals surface area contributed by atoms with E-state index in [1.54, 1.807) is 6.07 Å². The van der Waals surface area contributed by atoms with Crippen LogP contribution in [-0.2, 0) is 0 Å². The van der Waals surface area contributed by atoms with Crippen LogP contribution in [0.2, 0.25) is 0 Å². The Hall–Kier alpha value is -2.95. The summed E-state index contributed by atoms with van der Waals surface area (Å²) in [6.07, 6.45) is 2.59. The first-order valence-electron chi connectivity index (χ1n) is 6.83. The summed E-state index contributed by atoms with van der Waals surface area (Å²) in [5, 5.41) is 14.0. The highest BCUT2D eigenvalue weighted by atomic mass is 16.6. The van der Waals surface area contributed by atoms with Gasteiger partial charge in [-0.1, -0.05) is 24.3 Å². The van der Waals surface area contributed by atoms with Crippen LogP contribution in [-0.4, -0.2) is 11.1 Å². The zero-order valence-electron chi connectivity index (χ0n) is 12.5. The summed E-state index contributed by atoms with van der Waals surface area (Å²) in [4.78, 5) is 14.8. The van der Waals surface area contributed by atoms with Gasteiger partial charge in [0.15, 0.2) is 0 Å². The van der Waals surface area contributed by atoms with Crippen molar-refractivity contribution in [3.63, 3.8) is 0 Å². The van der Waals surface area contributed by atoms with Gasteiger partial charge in [0.2, 0.25) is 0 Å². The van der Waals surface area contributed by atoms with Crippen molar-refractivity contribution in [2.24, 2.45) is 4.99 Å². The van der Waals surface area contributed by atoms with Gasteiger partial charge in [0.1, 0.15) is 6.21 Å². The van der Waals surface area contributed by atoms with Gasteiger partial charge in [0.25, 0.3) is 0 Å². The average molecular weight is 295 g/mol. The average Bonchev–Trinajstić information content (AvgIpc) is 2.47. The van der Waals surface area contributed by atoms with Gasteiger partial charge >= 0.3 is 5.70 Å². The number of rotatable bonds is 5. The zero-order valence-corrected chi connectivity index (χ0v) is 12.5. The summed E-state index contributed by atoms with van der Waals surface area (Å²) in [6, 6.07) is 15.1. The van der Waals surface area contributed by atoms with Crippen LogP contribution in [0.1, 0.15) is 11.1 Å². The molecule has 0 aliphatic rings. The van der Waals surface area contributed by atoms with Crippen LogP contribution in [0.5, 0.6) is 0 Å². The molecule has 0 aromatic heterocycles. The maximum absolute atomic E-state index is 11.1. The van der Waals surface area contributed by atoms with Gasteiger partial charge in [0, 0.05) is 5.69 Å². The number of allylic oxidation sites excluding steroid dienone is 1. The number of nitrogens with zero attached hydrogens (tertiary/aromatic N) is 2. The monoisotopic (exact) mass is 295 g/mol. The molecule has 0 fully saturated rings. The van der Waals surface area contributed by atoms with Crippen molar-refractivity contribution >= 4 is 17.6 Å². The van der Waals surface area contributed by atoms with E-state index in [1.807, 2.05) is 56.3 Å². The quantitative estimate of drug-likeness (QED) is 0.509. The zero-order chi connectivity index (χ0) is 15.9. The first-order valence-corrected chi connectivity index (χ1v) is 6.83. The van der Waals surface area contributed by atoms with E-state index in [0.717, 1.165) is 16.8 Å². The molecule has 1 N–H and O–H groups in total. The summed E-state index contributed by atoms with van der Waals surface area (Å²) >= 11 is 0. The number of aliphatic imine (C=N–C) groups is 1. The number of hydrogen-bond donors (Lipinski definition) is 1. The second kappa shape index (κ2) is 7.17. The highest BCUT2D eigenvalue weighted by Gasteiger charge is 2.06. The Morgan fingerprint density at radius 3 is 2.45 bits per heavy atom. The SMILES string of the molecule is Cc1cccc(N=C/C(=C\Nc2cccc(C)c2)[N+](=O)[O-])c1. The van der Waals surface area contributed by atoms with Crippen molar-refractivity contribution in [2.45, 2.75) is 13.8 Å². The second-order valence-electron chi connectivity index (χ2n) is 4.94. The summed E-state index contributed by atoms with van der Waals surface area (Å²) in [5.41, 5.74) is 3.50. The minimum absolute atomic E-state index is 0.108. The molecule has 5 nitrogen and oxygen atoms in total. The van der Waals surface area contributed by atoms with Crippen LogP contribution in [0.25, 0.3) is 0 Å². The Bertz CT molecular complexity index is 736. The van der Waals surface area contributed by atoms with Crippen LogP contribution in [0.15, 0.2) is 65.4 Å². The van der Waals surface area contributed by atoms with E-state index in [0.29, 0.717) is 5.69 Å². The van der Waals surface area contributed by atoms with E-state index in [2.05, 4.69) is 10.3 Å². The predicted octanol–water partition coefficient (Wildman–Crippen LogP) is 4.24. The molecule has 0 aliphatic carbocycles. The van der Waals surface area contributed by atoms with E-state index in [9.17, 15) is 10.1 Å². The maximum atomic E-state index is 11.1. The summed E-state index contributed by atoms with van der Waals surface area (Å²) in [5.74, 6) is 0. The number of aryl methyl sites for hydroxylation is 2. The molecule has 0 atom stereocenters. The summed E-state index contributed by atoms with van der Waals surface area (Å²) in [6.45, 7) is 3.91. The Balaban J connectivity index is 2.16. The van der Waals surface area contributed by atoms with E-state index in [1.165, 1.54) is 12.4 Å². The lowest BCUT2D eigenvalue weighted by Gasteiger charge is -2.01. The van der Waals surface area contributed by atoms with E-state index >= 15 is 0 Å². The topological polar surface area (TPSA) is 67.5 Å². The molecule has 0 radical (unpaired) electrons. The van der Waals surface area contributed by atoms with Gasteiger partial charge in [-0.25, -0.2) is 4.99 Å². The van der Waals surface area contributed by atoms with Crippen LogP contribution in [0.3, 0.4) is 0 Å². The minimum atomic E-state index is -0.470. The predicted molar refractivity (Wildman–Crippen MR) is 89.2 cm³/mol. The highest BCUT2D eigenvalue weighted by molar-refractivity contribution is 5.78. The van der Waals surface area contributed by atoms with Crippen molar-refractivity contribution < 1.29 is 4.92 Å².